The first-order chi connectivity index (χ1) is 13.8. The van der Waals surface area contributed by atoms with Crippen LogP contribution >= 0.6 is 11.6 Å². The Morgan fingerprint density at radius 3 is 2.66 bits per heavy atom. The standard InChI is InChI=1S/C20H23ClN2O5S/c1-14-11-18(29(25,26)23-16-6-4-15(21)5-7-16)8-9-19(14)28-13-20(24)22-12-17-3-2-10-27-17/h4-9,11,17,23H,2-3,10,12-13H2,1H3,(H,22,24). The molecule has 1 aliphatic heterocycles. The van der Waals surface area contributed by atoms with Crippen LogP contribution in [0.25, 0.3) is 0 Å². The van der Waals surface area contributed by atoms with Crippen molar-refractivity contribution in [2.45, 2.75) is 30.8 Å². The molecule has 1 amide bonds. The van der Waals surface area contributed by atoms with Gasteiger partial charge in [0.25, 0.3) is 15.9 Å². The van der Waals surface area contributed by atoms with E-state index in [1.54, 1.807) is 37.3 Å². The highest BCUT2D eigenvalue weighted by atomic mass is 35.5. The molecule has 0 saturated carbocycles. The van der Waals surface area contributed by atoms with E-state index in [-0.39, 0.29) is 23.5 Å². The van der Waals surface area contributed by atoms with E-state index in [0.717, 1.165) is 19.4 Å². The highest BCUT2D eigenvalue weighted by molar-refractivity contribution is 7.92. The summed E-state index contributed by atoms with van der Waals surface area (Å²) in [6.07, 6.45) is 2.02. The molecule has 0 spiro atoms. The second kappa shape index (κ2) is 9.47. The Bertz CT molecular complexity index is 957. The number of anilines is 1. The Morgan fingerprint density at radius 2 is 2.00 bits per heavy atom. The zero-order chi connectivity index (χ0) is 20.9. The van der Waals surface area contributed by atoms with Gasteiger partial charge in [-0.2, -0.15) is 0 Å². The van der Waals surface area contributed by atoms with Crippen LogP contribution in [0.4, 0.5) is 5.69 Å². The normalized spacial score (nSPS) is 16.4. The highest BCUT2D eigenvalue weighted by Gasteiger charge is 2.18. The topological polar surface area (TPSA) is 93.7 Å². The fourth-order valence-electron chi connectivity index (χ4n) is 2.91. The van der Waals surface area contributed by atoms with Gasteiger partial charge < -0.3 is 14.8 Å². The van der Waals surface area contributed by atoms with E-state index in [4.69, 9.17) is 21.1 Å². The molecule has 1 saturated heterocycles. The van der Waals surface area contributed by atoms with Gasteiger partial charge in [0.2, 0.25) is 0 Å². The van der Waals surface area contributed by atoms with Gasteiger partial charge in [-0.3, -0.25) is 9.52 Å². The van der Waals surface area contributed by atoms with Crippen LogP contribution in [0.3, 0.4) is 0 Å². The van der Waals surface area contributed by atoms with E-state index in [1.165, 1.54) is 12.1 Å². The summed E-state index contributed by atoms with van der Waals surface area (Å²) in [5.41, 5.74) is 1.02. The highest BCUT2D eigenvalue weighted by Crippen LogP contribution is 2.24. The van der Waals surface area contributed by atoms with Gasteiger partial charge in [-0.1, -0.05) is 11.6 Å². The molecule has 2 N–H and O–H groups in total. The molecule has 3 rings (SSSR count). The number of halogens is 1. The van der Waals surface area contributed by atoms with Gasteiger partial charge in [0.05, 0.1) is 11.0 Å². The van der Waals surface area contributed by atoms with Crippen LogP contribution in [0.2, 0.25) is 5.02 Å². The van der Waals surface area contributed by atoms with Crippen LogP contribution in [0, 0.1) is 6.92 Å². The minimum Gasteiger partial charge on any atom is -0.484 e. The summed E-state index contributed by atoms with van der Waals surface area (Å²) < 4.78 is 38.6. The van der Waals surface area contributed by atoms with Crippen molar-refractivity contribution in [3.8, 4) is 5.75 Å². The molecule has 1 aliphatic rings. The van der Waals surface area contributed by atoms with Gasteiger partial charge in [0.15, 0.2) is 6.61 Å². The first-order valence-electron chi connectivity index (χ1n) is 9.23. The third kappa shape index (κ3) is 6.09. The largest absolute Gasteiger partial charge is 0.484 e. The zero-order valence-corrected chi connectivity index (χ0v) is 17.6. The van der Waals surface area contributed by atoms with Crippen molar-refractivity contribution in [3.63, 3.8) is 0 Å². The first-order valence-corrected chi connectivity index (χ1v) is 11.1. The molecule has 1 heterocycles. The van der Waals surface area contributed by atoms with Crippen molar-refractivity contribution >= 4 is 33.2 Å². The number of carbonyl (C=O) groups excluding carboxylic acids is 1. The summed E-state index contributed by atoms with van der Waals surface area (Å²) in [5.74, 6) is 0.198. The summed E-state index contributed by atoms with van der Waals surface area (Å²) in [5, 5.41) is 3.30. The van der Waals surface area contributed by atoms with E-state index >= 15 is 0 Å². The maximum absolute atomic E-state index is 12.6. The Morgan fingerprint density at radius 1 is 1.24 bits per heavy atom. The number of rotatable bonds is 8. The van der Waals surface area contributed by atoms with Crippen molar-refractivity contribution in [2.24, 2.45) is 0 Å². The number of carbonyl (C=O) groups is 1. The van der Waals surface area contributed by atoms with E-state index < -0.39 is 10.0 Å². The molecule has 0 bridgehead atoms. The van der Waals surface area contributed by atoms with Crippen molar-refractivity contribution < 1.29 is 22.7 Å². The predicted molar refractivity (Wildman–Crippen MR) is 111 cm³/mol. The fraction of sp³-hybridized carbons (Fsp3) is 0.350. The molecule has 2 aromatic rings. The molecule has 156 valence electrons. The lowest BCUT2D eigenvalue weighted by atomic mass is 10.2. The number of ether oxygens (including phenoxy) is 2. The third-order valence-electron chi connectivity index (χ3n) is 4.46. The molecule has 9 heteroatoms. The summed E-state index contributed by atoms with van der Waals surface area (Å²) in [6, 6.07) is 10.8. The summed E-state index contributed by atoms with van der Waals surface area (Å²) in [4.78, 5) is 12.0. The van der Waals surface area contributed by atoms with Crippen molar-refractivity contribution in [3.05, 3.63) is 53.1 Å². The van der Waals surface area contributed by atoms with E-state index in [0.29, 0.717) is 28.6 Å². The van der Waals surface area contributed by atoms with Crippen LogP contribution in [-0.4, -0.2) is 40.2 Å². The van der Waals surface area contributed by atoms with Gasteiger partial charge in [-0.15, -0.1) is 0 Å². The molecular weight excluding hydrogens is 416 g/mol. The molecular formula is C20H23ClN2O5S. The van der Waals surface area contributed by atoms with Crippen molar-refractivity contribution in [1.29, 1.82) is 0 Å². The SMILES string of the molecule is Cc1cc(S(=O)(=O)Nc2ccc(Cl)cc2)ccc1OCC(=O)NCC1CCCO1. The summed E-state index contributed by atoms with van der Waals surface area (Å²) in [6.45, 7) is 2.77. The van der Waals surface area contributed by atoms with Crippen LogP contribution in [0.5, 0.6) is 5.75 Å². The molecule has 29 heavy (non-hydrogen) atoms. The number of hydrogen-bond acceptors (Lipinski definition) is 5. The number of amides is 1. The molecule has 2 aromatic carbocycles. The average Bonchev–Trinajstić information content (AvgIpc) is 3.20. The maximum Gasteiger partial charge on any atom is 0.261 e. The maximum atomic E-state index is 12.6. The van der Waals surface area contributed by atoms with Gasteiger partial charge in [-0.05, 0) is 67.8 Å². The number of aryl methyl sites for hydroxylation is 1. The lowest BCUT2D eigenvalue weighted by molar-refractivity contribution is -0.123. The average molecular weight is 439 g/mol. The molecule has 0 aliphatic carbocycles. The molecule has 1 atom stereocenters. The lowest BCUT2D eigenvalue weighted by Gasteiger charge is -2.13. The van der Waals surface area contributed by atoms with Crippen LogP contribution in [0.15, 0.2) is 47.4 Å². The smallest absolute Gasteiger partial charge is 0.261 e. The number of hydrogen-bond donors (Lipinski definition) is 2. The monoisotopic (exact) mass is 438 g/mol. The Labute approximate surface area is 175 Å². The minimum absolute atomic E-state index is 0.0679. The lowest BCUT2D eigenvalue weighted by Crippen LogP contribution is -2.35. The molecule has 1 fully saturated rings. The fourth-order valence-corrected chi connectivity index (χ4v) is 4.18. The summed E-state index contributed by atoms with van der Waals surface area (Å²) in [7, 11) is -3.76. The number of nitrogens with one attached hydrogen (secondary N) is 2. The van der Waals surface area contributed by atoms with Gasteiger partial charge >= 0.3 is 0 Å². The Balaban J connectivity index is 1.57. The molecule has 0 aromatic heterocycles. The zero-order valence-electron chi connectivity index (χ0n) is 16.0. The summed E-state index contributed by atoms with van der Waals surface area (Å²) >= 11 is 5.82. The molecule has 7 nitrogen and oxygen atoms in total. The third-order valence-corrected chi connectivity index (χ3v) is 6.09. The van der Waals surface area contributed by atoms with Crippen LogP contribution < -0.4 is 14.8 Å². The van der Waals surface area contributed by atoms with Crippen molar-refractivity contribution in [2.75, 3.05) is 24.5 Å². The second-order valence-electron chi connectivity index (χ2n) is 6.77. The molecule has 0 radical (unpaired) electrons. The van der Waals surface area contributed by atoms with Crippen molar-refractivity contribution in [1.82, 2.24) is 5.32 Å². The van der Waals surface area contributed by atoms with Gasteiger partial charge in [0, 0.05) is 23.9 Å². The second-order valence-corrected chi connectivity index (χ2v) is 8.89. The van der Waals surface area contributed by atoms with Gasteiger partial charge in [0.1, 0.15) is 5.75 Å². The van der Waals surface area contributed by atoms with E-state index in [2.05, 4.69) is 10.0 Å². The van der Waals surface area contributed by atoms with Crippen LogP contribution in [0.1, 0.15) is 18.4 Å². The number of benzene rings is 2. The van der Waals surface area contributed by atoms with E-state index in [9.17, 15) is 13.2 Å². The predicted octanol–water partition coefficient (Wildman–Crippen LogP) is 3.12. The van der Waals surface area contributed by atoms with E-state index in [1.807, 2.05) is 0 Å². The Kier molecular flexibility index (Phi) is 7.00. The Hall–Kier alpha value is -2.29. The van der Waals surface area contributed by atoms with Crippen LogP contribution in [-0.2, 0) is 19.6 Å². The quantitative estimate of drug-likeness (QED) is 0.660. The van der Waals surface area contributed by atoms with Gasteiger partial charge in [-0.25, -0.2) is 8.42 Å². The minimum atomic E-state index is -3.76. The number of sulfonamides is 1. The molecule has 1 unspecified atom stereocenters. The first kappa shape index (κ1) is 21.4.